The van der Waals surface area contributed by atoms with Crippen molar-refractivity contribution in [3.63, 3.8) is 0 Å². The molecule has 0 aliphatic carbocycles. The Kier molecular flexibility index (Phi) is 4.58. The van der Waals surface area contributed by atoms with Gasteiger partial charge in [0.05, 0.1) is 5.56 Å². The smallest absolute Gasteiger partial charge is 0.336 e. The van der Waals surface area contributed by atoms with Crippen molar-refractivity contribution in [2.75, 3.05) is 0 Å². The summed E-state index contributed by atoms with van der Waals surface area (Å²) in [5.41, 5.74) is 3.48. The van der Waals surface area contributed by atoms with E-state index in [-0.39, 0.29) is 11.5 Å². The highest BCUT2D eigenvalue weighted by molar-refractivity contribution is 9.10. The second-order valence-corrected chi connectivity index (χ2v) is 6.06. The molecule has 3 aromatic carbocycles. The Balaban J connectivity index is 2.21. The number of aromatic carboxylic acids is 1. The fraction of sp³-hybridized carbons (Fsp3) is 0.0500. The molecular weight excluding hydrogens is 352 g/mol. The fourth-order valence-electron chi connectivity index (χ4n) is 2.78. The zero-order chi connectivity index (χ0) is 16.2. The summed E-state index contributed by atoms with van der Waals surface area (Å²) < 4.78 is 0.630. The van der Waals surface area contributed by atoms with Crippen LogP contribution in [0, 0.1) is 0 Å². The third kappa shape index (κ3) is 3.20. The average Bonchev–Trinajstić information content (AvgIpc) is 2.58. The van der Waals surface area contributed by atoms with Crippen molar-refractivity contribution in [2.24, 2.45) is 0 Å². The second kappa shape index (κ2) is 6.80. The summed E-state index contributed by atoms with van der Waals surface area (Å²) in [6.45, 7) is 0. The molecule has 23 heavy (non-hydrogen) atoms. The van der Waals surface area contributed by atoms with Crippen LogP contribution in [0.25, 0.3) is 0 Å². The summed E-state index contributed by atoms with van der Waals surface area (Å²) in [4.78, 5) is 11.4. The highest BCUT2D eigenvalue weighted by Crippen LogP contribution is 2.37. The minimum Gasteiger partial charge on any atom is -0.478 e. The lowest BCUT2D eigenvalue weighted by Crippen LogP contribution is -2.07. The van der Waals surface area contributed by atoms with Gasteiger partial charge in [0.15, 0.2) is 0 Å². The topological polar surface area (TPSA) is 37.3 Å². The summed E-state index contributed by atoms with van der Waals surface area (Å²) >= 11 is 3.50. The van der Waals surface area contributed by atoms with E-state index in [0.29, 0.717) is 4.47 Å². The highest BCUT2D eigenvalue weighted by Gasteiger charge is 2.21. The maximum absolute atomic E-state index is 11.4. The van der Waals surface area contributed by atoms with Crippen molar-refractivity contribution in [3.8, 4) is 0 Å². The van der Waals surface area contributed by atoms with Crippen LogP contribution < -0.4 is 0 Å². The van der Waals surface area contributed by atoms with Crippen LogP contribution in [0.15, 0.2) is 83.3 Å². The lowest BCUT2D eigenvalue weighted by atomic mass is 9.84. The number of hydrogen-bond donors (Lipinski definition) is 1. The molecule has 0 atom stereocenters. The van der Waals surface area contributed by atoms with Gasteiger partial charge in [-0.1, -0.05) is 72.8 Å². The highest BCUT2D eigenvalue weighted by atomic mass is 79.9. The molecule has 3 rings (SSSR count). The van der Waals surface area contributed by atoms with Crippen molar-refractivity contribution in [1.29, 1.82) is 0 Å². The normalized spacial score (nSPS) is 10.7. The first kappa shape index (κ1) is 15.5. The van der Waals surface area contributed by atoms with Crippen LogP contribution in [-0.2, 0) is 0 Å². The Bertz CT molecular complexity index is 774. The molecule has 0 fully saturated rings. The number of halogens is 1. The van der Waals surface area contributed by atoms with E-state index in [1.807, 2.05) is 42.5 Å². The van der Waals surface area contributed by atoms with Gasteiger partial charge < -0.3 is 5.11 Å². The van der Waals surface area contributed by atoms with Crippen LogP contribution in [-0.4, -0.2) is 11.1 Å². The molecule has 0 saturated heterocycles. The average molecular weight is 367 g/mol. The van der Waals surface area contributed by atoms with Gasteiger partial charge in [-0.25, -0.2) is 4.79 Å². The largest absolute Gasteiger partial charge is 0.478 e. The molecule has 1 N–H and O–H groups in total. The van der Waals surface area contributed by atoms with Crippen molar-refractivity contribution in [2.45, 2.75) is 5.92 Å². The maximum atomic E-state index is 11.4. The van der Waals surface area contributed by atoms with Gasteiger partial charge in [0.2, 0.25) is 0 Å². The van der Waals surface area contributed by atoms with Gasteiger partial charge in [0.25, 0.3) is 0 Å². The number of benzene rings is 3. The van der Waals surface area contributed by atoms with Gasteiger partial charge in [0, 0.05) is 10.4 Å². The minimum absolute atomic E-state index is 0.0222. The van der Waals surface area contributed by atoms with E-state index in [0.717, 1.165) is 16.7 Å². The van der Waals surface area contributed by atoms with Crippen molar-refractivity contribution in [1.82, 2.24) is 0 Å². The van der Waals surface area contributed by atoms with E-state index < -0.39 is 5.97 Å². The molecule has 3 aromatic rings. The lowest BCUT2D eigenvalue weighted by Gasteiger charge is -2.21. The summed E-state index contributed by atoms with van der Waals surface area (Å²) in [5.74, 6) is -0.954. The third-order valence-corrected chi connectivity index (χ3v) is 4.72. The summed E-state index contributed by atoms with van der Waals surface area (Å²) in [7, 11) is 0. The Morgan fingerprint density at radius 2 is 1.30 bits per heavy atom. The molecule has 0 saturated carbocycles. The fourth-order valence-corrected chi connectivity index (χ4v) is 3.44. The van der Waals surface area contributed by atoms with Gasteiger partial charge in [-0.2, -0.15) is 0 Å². The molecule has 0 aliphatic heterocycles. The molecular formula is C20H15BrO2. The molecule has 0 unspecified atom stereocenters. The van der Waals surface area contributed by atoms with E-state index in [1.54, 1.807) is 12.1 Å². The summed E-state index contributed by atoms with van der Waals surface area (Å²) in [5, 5.41) is 9.38. The molecule has 0 amide bonds. The lowest BCUT2D eigenvalue weighted by molar-refractivity contribution is 0.0695. The van der Waals surface area contributed by atoms with E-state index in [4.69, 9.17) is 0 Å². The van der Waals surface area contributed by atoms with Gasteiger partial charge in [-0.15, -0.1) is 0 Å². The predicted octanol–water partition coefficient (Wildman–Crippen LogP) is 5.33. The number of carboxylic acid groups (broad SMARTS) is 1. The number of hydrogen-bond acceptors (Lipinski definition) is 1. The molecule has 0 aliphatic rings. The number of carbonyl (C=O) groups is 1. The molecule has 114 valence electrons. The van der Waals surface area contributed by atoms with E-state index in [1.165, 1.54) is 0 Å². The van der Waals surface area contributed by atoms with E-state index >= 15 is 0 Å². The van der Waals surface area contributed by atoms with Gasteiger partial charge in [-0.3, -0.25) is 0 Å². The van der Waals surface area contributed by atoms with Crippen LogP contribution in [0.4, 0.5) is 0 Å². The Hall–Kier alpha value is -2.39. The second-order valence-electron chi connectivity index (χ2n) is 5.27. The molecule has 3 heteroatoms. The summed E-state index contributed by atoms with van der Waals surface area (Å²) in [6.07, 6.45) is 0. The maximum Gasteiger partial charge on any atom is 0.336 e. The molecule has 0 aromatic heterocycles. The molecule has 0 radical (unpaired) electrons. The van der Waals surface area contributed by atoms with Gasteiger partial charge >= 0.3 is 5.97 Å². The van der Waals surface area contributed by atoms with Crippen LogP contribution in [0.5, 0.6) is 0 Å². The molecule has 0 heterocycles. The quantitative estimate of drug-likeness (QED) is 0.633. The standard InChI is InChI=1S/C20H15BrO2/c21-19-16(12-7-13-17(19)20(22)23)18(14-8-3-1-4-9-14)15-10-5-2-6-11-15/h1-13,18H,(H,22,23). The van der Waals surface area contributed by atoms with Crippen molar-refractivity contribution >= 4 is 21.9 Å². The van der Waals surface area contributed by atoms with Crippen LogP contribution in [0.3, 0.4) is 0 Å². The predicted molar refractivity (Wildman–Crippen MR) is 94.9 cm³/mol. The first-order valence-electron chi connectivity index (χ1n) is 7.30. The van der Waals surface area contributed by atoms with Crippen LogP contribution in [0.2, 0.25) is 0 Å². The molecule has 0 spiro atoms. The van der Waals surface area contributed by atoms with E-state index in [9.17, 15) is 9.90 Å². The van der Waals surface area contributed by atoms with Crippen LogP contribution >= 0.6 is 15.9 Å². The zero-order valence-electron chi connectivity index (χ0n) is 12.3. The minimum atomic E-state index is -0.932. The third-order valence-electron chi connectivity index (χ3n) is 3.84. The Labute approximate surface area is 143 Å². The van der Waals surface area contributed by atoms with Crippen LogP contribution in [0.1, 0.15) is 33.0 Å². The van der Waals surface area contributed by atoms with Crippen molar-refractivity contribution in [3.05, 3.63) is 106 Å². The molecule has 0 bridgehead atoms. The van der Waals surface area contributed by atoms with E-state index in [2.05, 4.69) is 40.2 Å². The SMILES string of the molecule is O=C(O)c1cccc(C(c2ccccc2)c2ccccc2)c1Br. The zero-order valence-corrected chi connectivity index (χ0v) is 13.9. The van der Waals surface area contributed by atoms with Gasteiger partial charge in [-0.05, 0) is 38.7 Å². The Morgan fingerprint density at radius 1 is 0.783 bits per heavy atom. The number of carboxylic acids is 1. The van der Waals surface area contributed by atoms with Crippen molar-refractivity contribution < 1.29 is 9.90 Å². The first-order valence-corrected chi connectivity index (χ1v) is 8.09. The summed E-state index contributed by atoms with van der Waals surface area (Å²) in [6, 6.07) is 25.6. The molecule has 2 nitrogen and oxygen atoms in total. The number of rotatable bonds is 4. The monoisotopic (exact) mass is 366 g/mol. The first-order chi connectivity index (χ1) is 11.2. The van der Waals surface area contributed by atoms with Gasteiger partial charge in [0.1, 0.15) is 0 Å². The Morgan fingerprint density at radius 3 is 1.78 bits per heavy atom.